The van der Waals surface area contributed by atoms with Crippen molar-refractivity contribution in [1.82, 2.24) is 5.32 Å². The Labute approximate surface area is 197 Å². The van der Waals surface area contributed by atoms with Gasteiger partial charge in [-0.25, -0.2) is 0 Å². The molecule has 0 unspecified atom stereocenters. The molecule has 0 atom stereocenters. The summed E-state index contributed by atoms with van der Waals surface area (Å²) in [5.74, 6) is 0.882. The van der Waals surface area contributed by atoms with Gasteiger partial charge in [-0.3, -0.25) is 0 Å². The number of likely N-dealkylation sites (N-methyl/N-ethyl adjacent to an activating group) is 1. The van der Waals surface area contributed by atoms with Crippen molar-refractivity contribution in [3.05, 3.63) is 95.6 Å². The Morgan fingerprint density at radius 1 is 0.848 bits per heavy atom. The van der Waals surface area contributed by atoms with Crippen LogP contribution < -0.4 is 15.5 Å². The summed E-state index contributed by atoms with van der Waals surface area (Å²) in [6.07, 6.45) is 1.88. The second-order valence-corrected chi connectivity index (χ2v) is 8.10. The molecule has 0 bridgehead atoms. The zero-order valence-electron chi connectivity index (χ0n) is 19.6. The van der Waals surface area contributed by atoms with Crippen LogP contribution in [-0.2, 0) is 9.31 Å². The lowest BCUT2D eigenvalue weighted by Crippen LogP contribution is -2.40. The van der Waals surface area contributed by atoms with E-state index >= 15 is 0 Å². The van der Waals surface area contributed by atoms with Crippen LogP contribution in [0.25, 0.3) is 11.1 Å². The van der Waals surface area contributed by atoms with E-state index in [0.717, 1.165) is 43.8 Å². The van der Waals surface area contributed by atoms with Crippen molar-refractivity contribution < 1.29 is 14.0 Å². The third-order valence-corrected chi connectivity index (χ3v) is 5.84. The van der Waals surface area contributed by atoms with Crippen molar-refractivity contribution in [2.75, 3.05) is 33.4 Å². The summed E-state index contributed by atoms with van der Waals surface area (Å²) in [4.78, 5) is 0. The summed E-state index contributed by atoms with van der Waals surface area (Å²) in [6, 6.07) is 27.7. The third kappa shape index (κ3) is 5.94. The van der Waals surface area contributed by atoms with Crippen molar-refractivity contribution in [2.45, 2.75) is 19.8 Å². The average Bonchev–Trinajstić information content (AvgIpc) is 2.89. The van der Waals surface area contributed by atoms with E-state index < -0.39 is 0 Å². The lowest BCUT2D eigenvalue weighted by atomic mass is 9.77. The van der Waals surface area contributed by atoms with Crippen molar-refractivity contribution in [3.8, 4) is 5.75 Å². The van der Waals surface area contributed by atoms with Crippen molar-refractivity contribution >= 4 is 23.7 Å². The van der Waals surface area contributed by atoms with E-state index in [1.165, 1.54) is 27.8 Å². The molecule has 1 aliphatic rings. The fourth-order valence-corrected chi connectivity index (χ4v) is 4.16. The fourth-order valence-electron chi connectivity index (χ4n) is 4.16. The van der Waals surface area contributed by atoms with Crippen LogP contribution in [-0.4, -0.2) is 40.5 Å². The van der Waals surface area contributed by atoms with E-state index in [9.17, 15) is 0 Å². The van der Waals surface area contributed by atoms with Gasteiger partial charge >= 0.3 is 7.12 Å². The molecule has 33 heavy (non-hydrogen) atoms. The highest BCUT2D eigenvalue weighted by Gasteiger charge is 2.24. The van der Waals surface area contributed by atoms with Crippen LogP contribution in [0.3, 0.4) is 0 Å². The van der Waals surface area contributed by atoms with E-state index in [1.54, 1.807) is 0 Å². The van der Waals surface area contributed by atoms with E-state index in [-0.39, 0.29) is 7.12 Å². The number of ether oxygens (including phenoxy) is 1. The first-order chi connectivity index (χ1) is 16.3. The van der Waals surface area contributed by atoms with Gasteiger partial charge in [0.25, 0.3) is 0 Å². The van der Waals surface area contributed by atoms with Gasteiger partial charge in [-0.05, 0) is 65.3 Å². The predicted octanol–water partition coefficient (Wildman–Crippen LogP) is 4.79. The van der Waals surface area contributed by atoms with Gasteiger partial charge in [-0.1, -0.05) is 73.7 Å². The lowest BCUT2D eigenvalue weighted by Gasteiger charge is -2.21. The average molecular weight is 441 g/mol. The maximum Gasteiger partial charge on any atom is 0.493 e. The lowest BCUT2D eigenvalue weighted by molar-refractivity contribution is 0.143. The zero-order chi connectivity index (χ0) is 22.9. The van der Waals surface area contributed by atoms with Crippen LogP contribution in [0, 0.1) is 0 Å². The molecular formula is C28H32BNO3. The van der Waals surface area contributed by atoms with Gasteiger partial charge < -0.3 is 19.4 Å². The van der Waals surface area contributed by atoms with E-state index in [4.69, 9.17) is 14.0 Å². The minimum atomic E-state index is -0.269. The van der Waals surface area contributed by atoms with E-state index in [0.29, 0.717) is 6.61 Å². The third-order valence-electron chi connectivity index (χ3n) is 5.84. The largest absolute Gasteiger partial charge is 0.493 e. The topological polar surface area (TPSA) is 39.7 Å². The summed E-state index contributed by atoms with van der Waals surface area (Å²) in [5.41, 5.74) is 7.21. The molecule has 1 saturated heterocycles. The molecule has 0 spiro atoms. The van der Waals surface area contributed by atoms with Crippen LogP contribution in [0.2, 0.25) is 0 Å². The van der Waals surface area contributed by atoms with Gasteiger partial charge in [0.05, 0.1) is 0 Å². The molecule has 1 N–H and O–H groups in total. The molecule has 3 aromatic carbocycles. The molecule has 3 aromatic rings. The molecule has 5 heteroatoms. The second-order valence-electron chi connectivity index (χ2n) is 8.10. The highest BCUT2D eigenvalue weighted by Crippen LogP contribution is 2.34. The summed E-state index contributed by atoms with van der Waals surface area (Å²) in [5, 5.41) is 3.11. The Bertz CT molecular complexity index is 1030. The van der Waals surface area contributed by atoms with Crippen molar-refractivity contribution in [3.63, 3.8) is 0 Å². The molecule has 0 amide bonds. The SMILES string of the molecule is CCC(=C(c1ccc(OCCNC)cc1)c1ccc(B2OCCCO2)cc1)c1ccccc1. The molecule has 1 heterocycles. The molecule has 1 fully saturated rings. The molecule has 1 aliphatic heterocycles. The first-order valence-corrected chi connectivity index (χ1v) is 11.8. The number of allylic oxidation sites excluding steroid dienone is 1. The molecule has 170 valence electrons. The monoisotopic (exact) mass is 441 g/mol. The number of hydrogen-bond acceptors (Lipinski definition) is 4. The highest BCUT2D eigenvalue weighted by atomic mass is 16.6. The van der Waals surface area contributed by atoms with Crippen molar-refractivity contribution in [1.29, 1.82) is 0 Å². The molecule has 0 saturated carbocycles. The number of benzene rings is 3. The Balaban J connectivity index is 1.71. The van der Waals surface area contributed by atoms with Gasteiger partial charge in [0, 0.05) is 19.8 Å². The minimum Gasteiger partial charge on any atom is -0.492 e. The van der Waals surface area contributed by atoms with E-state index in [1.807, 2.05) is 7.05 Å². The molecular weight excluding hydrogens is 409 g/mol. The molecule has 0 radical (unpaired) electrons. The minimum absolute atomic E-state index is 0.269. The second kappa shape index (κ2) is 11.8. The maximum absolute atomic E-state index is 5.83. The van der Waals surface area contributed by atoms with Gasteiger partial charge in [-0.15, -0.1) is 0 Å². The smallest absolute Gasteiger partial charge is 0.492 e. The van der Waals surface area contributed by atoms with Crippen LogP contribution in [0.4, 0.5) is 0 Å². The van der Waals surface area contributed by atoms with Gasteiger partial charge in [0.2, 0.25) is 0 Å². The first kappa shape index (κ1) is 23.3. The predicted molar refractivity (Wildman–Crippen MR) is 137 cm³/mol. The standard InChI is InChI=1S/C28H32BNO3/c1-3-27(22-8-5-4-6-9-22)28(24-12-16-26(17-13-24)31-21-18-30-2)23-10-14-25(15-11-23)29-32-19-7-20-33-29/h4-6,8-17,30H,3,7,18-21H2,1-2H3. The summed E-state index contributed by atoms with van der Waals surface area (Å²) < 4.78 is 17.4. The number of rotatable bonds is 9. The van der Waals surface area contributed by atoms with Gasteiger partial charge in [0.15, 0.2) is 0 Å². The summed E-state index contributed by atoms with van der Waals surface area (Å²) in [6.45, 7) is 5.18. The van der Waals surface area contributed by atoms with Crippen LogP contribution in [0.1, 0.15) is 36.5 Å². The van der Waals surface area contributed by atoms with E-state index in [2.05, 4.69) is 91.1 Å². The quantitative estimate of drug-likeness (QED) is 0.295. The Morgan fingerprint density at radius 2 is 1.48 bits per heavy atom. The zero-order valence-corrected chi connectivity index (χ0v) is 19.6. The van der Waals surface area contributed by atoms with Crippen LogP contribution in [0.15, 0.2) is 78.9 Å². The first-order valence-electron chi connectivity index (χ1n) is 11.8. The Hall–Kier alpha value is -2.86. The number of hydrogen-bond donors (Lipinski definition) is 1. The normalized spacial score (nSPS) is 14.7. The van der Waals surface area contributed by atoms with Gasteiger partial charge in [0.1, 0.15) is 12.4 Å². The summed E-state index contributed by atoms with van der Waals surface area (Å²) >= 11 is 0. The Morgan fingerprint density at radius 3 is 2.09 bits per heavy atom. The fraction of sp³-hybridized carbons (Fsp3) is 0.286. The Kier molecular flexibility index (Phi) is 8.37. The van der Waals surface area contributed by atoms with Crippen LogP contribution in [0.5, 0.6) is 5.75 Å². The van der Waals surface area contributed by atoms with Gasteiger partial charge in [-0.2, -0.15) is 0 Å². The van der Waals surface area contributed by atoms with Crippen LogP contribution >= 0.6 is 0 Å². The molecule has 0 aromatic heterocycles. The summed E-state index contributed by atoms with van der Waals surface area (Å²) in [7, 11) is 1.66. The molecule has 0 aliphatic carbocycles. The molecule has 4 rings (SSSR count). The maximum atomic E-state index is 5.83. The highest BCUT2D eigenvalue weighted by molar-refractivity contribution is 6.61. The molecule has 4 nitrogen and oxygen atoms in total. The number of nitrogens with one attached hydrogen (secondary N) is 1. The van der Waals surface area contributed by atoms with Crippen molar-refractivity contribution in [2.24, 2.45) is 0 Å².